The zero-order valence-electron chi connectivity index (χ0n) is 12.9. The van der Waals surface area contributed by atoms with Crippen molar-refractivity contribution in [1.82, 2.24) is 0 Å². The molecule has 0 bridgehead atoms. The lowest BCUT2D eigenvalue weighted by atomic mass is 9.97. The fraction of sp³-hybridized carbons (Fsp3) is 0.158. The zero-order chi connectivity index (χ0) is 16.4. The number of rotatable bonds is 3. The minimum absolute atomic E-state index is 0.0815. The molecule has 0 unspecified atom stereocenters. The van der Waals surface area contributed by atoms with E-state index in [2.05, 4.69) is 6.58 Å². The number of hydrogen-bond donors (Lipinski definition) is 0. The van der Waals surface area contributed by atoms with Gasteiger partial charge in [-0.2, -0.15) is 0 Å². The van der Waals surface area contributed by atoms with Crippen molar-refractivity contribution in [1.29, 1.82) is 0 Å². The Hall–Kier alpha value is -2.88. The Morgan fingerprint density at radius 3 is 2.57 bits per heavy atom. The Balaban J connectivity index is 1.99. The Kier molecular flexibility index (Phi) is 3.98. The number of carbonyl (C=O) groups excluding carboxylic acids is 2. The highest BCUT2D eigenvalue weighted by Gasteiger charge is 2.25. The molecule has 0 aliphatic carbocycles. The fourth-order valence-electron chi connectivity index (χ4n) is 2.95. The van der Waals surface area contributed by atoms with Crippen molar-refractivity contribution in [3.05, 3.63) is 66.2 Å². The minimum atomic E-state index is -0.349. The molecule has 4 heteroatoms. The van der Waals surface area contributed by atoms with Crippen LogP contribution in [0.25, 0.3) is 11.1 Å². The lowest BCUT2D eigenvalue weighted by Crippen LogP contribution is -2.26. The smallest absolute Gasteiger partial charge is 0.337 e. The number of esters is 1. The maximum atomic E-state index is 11.9. The van der Waals surface area contributed by atoms with Gasteiger partial charge in [0.1, 0.15) is 0 Å². The minimum Gasteiger partial charge on any atom is -0.465 e. The van der Waals surface area contributed by atoms with Gasteiger partial charge in [0, 0.05) is 12.2 Å². The number of methoxy groups -OCH3 is 1. The van der Waals surface area contributed by atoms with Crippen LogP contribution in [-0.2, 0) is 16.0 Å². The van der Waals surface area contributed by atoms with Gasteiger partial charge in [-0.15, -0.1) is 0 Å². The molecule has 4 nitrogen and oxygen atoms in total. The molecule has 23 heavy (non-hydrogen) atoms. The molecule has 116 valence electrons. The summed E-state index contributed by atoms with van der Waals surface area (Å²) in [4.78, 5) is 25.2. The molecule has 0 atom stereocenters. The van der Waals surface area contributed by atoms with E-state index < -0.39 is 0 Å². The van der Waals surface area contributed by atoms with Crippen LogP contribution in [0.3, 0.4) is 0 Å². The number of hydrogen-bond acceptors (Lipinski definition) is 3. The van der Waals surface area contributed by atoms with Gasteiger partial charge in [-0.1, -0.05) is 30.8 Å². The van der Waals surface area contributed by atoms with Gasteiger partial charge < -0.3 is 9.64 Å². The molecule has 0 saturated heterocycles. The summed E-state index contributed by atoms with van der Waals surface area (Å²) in [5.41, 5.74) is 4.70. The molecule has 2 aromatic carbocycles. The maximum absolute atomic E-state index is 11.9. The summed E-state index contributed by atoms with van der Waals surface area (Å²) in [6.45, 7) is 4.22. The van der Waals surface area contributed by atoms with E-state index in [1.54, 1.807) is 17.0 Å². The first-order valence-electron chi connectivity index (χ1n) is 7.40. The summed E-state index contributed by atoms with van der Waals surface area (Å²) < 4.78 is 4.72. The highest BCUT2D eigenvalue weighted by molar-refractivity contribution is 6.03. The Morgan fingerprint density at radius 1 is 1.17 bits per heavy atom. The summed E-state index contributed by atoms with van der Waals surface area (Å²) in [5, 5.41) is 0. The summed E-state index contributed by atoms with van der Waals surface area (Å²) >= 11 is 0. The molecule has 0 N–H and O–H groups in total. The van der Waals surface area contributed by atoms with E-state index in [9.17, 15) is 9.59 Å². The van der Waals surface area contributed by atoms with Crippen LogP contribution < -0.4 is 4.90 Å². The number of carbonyl (C=O) groups is 2. The van der Waals surface area contributed by atoms with E-state index in [-0.39, 0.29) is 11.9 Å². The summed E-state index contributed by atoms with van der Waals surface area (Å²) in [6, 6.07) is 13.2. The Morgan fingerprint density at radius 2 is 1.91 bits per heavy atom. The van der Waals surface area contributed by atoms with Crippen LogP contribution in [0.5, 0.6) is 0 Å². The van der Waals surface area contributed by atoms with Gasteiger partial charge in [-0.3, -0.25) is 4.79 Å². The number of fused-ring (bicyclic) bond motifs is 1. The van der Waals surface area contributed by atoms with Crippen molar-refractivity contribution in [3.8, 4) is 11.1 Å². The van der Waals surface area contributed by atoms with Crippen LogP contribution in [-0.4, -0.2) is 25.5 Å². The SMILES string of the molecule is C=CC(=O)N1CCc2c(-c3ccc(C(=O)OC)cc3)cccc21. The Bertz CT molecular complexity index is 778. The lowest BCUT2D eigenvalue weighted by Gasteiger charge is -2.15. The van der Waals surface area contributed by atoms with Crippen molar-refractivity contribution in [3.63, 3.8) is 0 Å². The van der Waals surface area contributed by atoms with E-state index in [0.29, 0.717) is 12.1 Å². The summed E-state index contributed by atoms with van der Waals surface area (Å²) in [7, 11) is 1.37. The second-order valence-corrected chi connectivity index (χ2v) is 5.32. The first-order chi connectivity index (χ1) is 11.2. The van der Waals surface area contributed by atoms with E-state index in [4.69, 9.17) is 4.74 Å². The lowest BCUT2D eigenvalue weighted by molar-refractivity contribution is -0.114. The van der Waals surface area contributed by atoms with Crippen molar-refractivity contribution < 1.29 is 14.3 Å². The van der Waals surface area contributed by atoms with Gasteiger partial charge >= 0.3 is 5.97 Å². The molecule has 0 radical (unpaired) electrons. The van der Waals surface area contributed by atoms with Crippen LogP contribution in [0.2, 0.25) is 0 Å². The summed E-state index contributed by atoms with van der Waals surface area (Å²) in [6.07, 6.45) is 2.15. The van der Waals surface area contributed by atoms with E-state index >= 15 is 0 Å². The molecule has 1 amide bonds. The van der Waals surface area contributed by atoms with Gasteiger partial charge in [0.05, 0.1) is 12.7 Å². The number of nitrogens with zero attached hydrogens (tertiary/aromatic N) is 1. The number of ether oxygens (including phenoxy) is 1. The van der Waals surface area contributed by atoms with Crippen LogP contribution in [0, 0.1) is 0 Å². The van der Waals surface area contributed by atoms with Crippen molar-refractivity contribution in [2.24, 2.45) is 0 Å². The number of amides is 1. The van der Waals surface area contributed by atoms with Gasteiger partial charge in [0.15, 0.2) is 0 Å². The van der Waals surface area contributed by atoms with Crippen LogP contribution in [0.15, 0.2) is 55.1 Å². The van der Waals surface area contributed by atoms with Gasteiger partial charge in [0.25, 0.3) is 0 Å². The van der Waals surface area contributed by atoms with Crippen LogP contribution in [0.1, 0.15) is 15.9 Å². The predicted molar refractivity (Wildman–Crippen MR) is 89.5 cm³/mol. The monoisotopic (exact) mass is 307 g/mol. The van der Waals surface area contributed by atoms with Crippen LogP contribution >= 0.6 is 0 Å². The summed E-state index contributed by atoms with van der Waals surface area (Å²) in [5.74, 6) is -0.431. The quantitative estimate of drug-likeness (QED) is 0.646. The van der Waals surface area contributed by atoms with Gasteiger partial charge in [-0.25, -0.2) is 4.79 Å². The second kappa shape index (κ2) is 6.08. The maximum Gasteiger partial charge on any atom is 0.337 e. The Labute approximate surface area is 135 Å². The van der Waals surface area contributed by atoms with Gasteiger partial charge in [-0.05, 0) is 47.4 Å². The van der Waals surface area contributed by atoms with Crippen LogP contribution in [0.4, 0.5) is 5.69 Å². The number of anilines is 1. The van der Waals surface area contributed by atoms with E-state index in [1.165, 1.54) is 13.2 Å². The van der Waals surface area contributed by atoms with Crippen molar-refractivity contribution in [2.75, 3.05) is 18.6 Å². The fourth-order valence-corrected chi connectivity index (χ4v) is 2.95. The molecule has 1 aliphatic heterocycles. The molecule has 3 rings (SSSR count). The third-order valence-corrected chi connectivity index (χ3v) is 4.09. The average molecular weight is 307 g/mol. The second-order valence-electron chi connectivity index (χ2n) is 5.32. The van der Waals surface area contributed by atoms with E-state index in [0.717, 1.165) is 28.8 Å². The molecule has 1 heterocycles. The average Bonchev–Trinajstić information content (AvgIpc) is 3.04. The number of benzene rings is 2. The third kappa shape index (κ3) is 2.63. The van der Waals surface area contributed by atoms with E-state index in [1.807, 2.05) is 30.3 Å². The molecular formula is C19H17NO3. The highest BCUT2D eigenvalue weighted by Crippen LogP contribution is 2.36. The molecular weight excluding hydrogens is 290 g/mol. The topological polar surface area (TPSA) is 46.6 Å². The molecule has 0 saturated carbocycles. The molecule has 0 fully saturated rings. The standard InChI is InChI=1S/C19H17NO3/c1-3-18(21)20-12-11-16-15(5-4-6-17(16)20)13-7-9-14(10-8-13)19(22)23-2/h3-10H,1,11-12H2,2H3. The van der Waals surface area contributed by atoms with Crippen molar-refractivity contribution in [2.45, 2.75) is 6.42 Å². The predicted octanol–water partition coefficient (Wildman–Crippen LogP) is 3.22. The van der Waals surface area contributed by atoms with Gasteiger partial charge in [0.2, 0.25) is 5.91 Å². The molecule has 0 spiro atoms. The normalized spacial score (nSPS) is 12.7. The molecule has 1 aliphatic rings. The largest absolute Gasteiger partial charge is 0.465 e. The first-order valence-corrected chi connectivity index (χ1v) is 7.40. The molecule has 0 aromatic heterocycles. The molecule has 2 aromatic rings. The highest BCUT2D eigenvalue weighted by atomic mass is 16.5. The first kappa shape index (κ1) is 15.0. The van der Waals surface area contributed by atoms with Crippen molar-refractivity contribution >= 4 is 17.6 Å². The third-order valence-electron chi connectivity index (χ3n) is 4.09. The zero-order valence-corrected chi connectivity index (χ0v) is 12.9.